The first-order valence-electron chi connectivity index (χ1n) is 5.90. The van der Waals surface area contributed by atoms with Crippen LogP contribution in [-0.2, 0) is 13.6 Å². The van der Waals surface area contributed by atoms with Crippen LogP contribution < -0.4 is 16.6 Å². The van der Waals surface area contributed by atoms with Crippen LogP contribution in [0.5, 0.6) is 0 Å². The van der Waals surface area contributed by atoms with Gasteiger partial charge in [0.1, 0.15) is 12.9 Å². The maximum absolute atomic E-state index is 5.43. The molecule has 0 aliphatic heterocycles. The molecule has 1 saturated carbocycles. The van der Waals surface area contributed by atoms with Crippen molar-refractivity contribution in [1.82, 2.24) is 25.5 Å². The molecule has 1 aromatic heterocycles. The van der Waals surface area contributed by atoms with Gasteiger partial charge in [0.2, 0.25) is 5.96 Å². The Morgan fingerprint density at radius 1 is 1.59 bits per heavy atom. The van der Waals surface area contributed by atoms with Crippen LogP contribution in [0.3, 0.4) is 0 Å². The van der Waals surface area contributed by atoms with Crippen LogP contribution in [-0.4, -0.2) is 26.8 Å². The van der Waals surface area contributed by atoms with Gasteiger partial charge in [0.05, 0.1) is 0 Å². The highest BCUT2D eigenvalue weighted by molar-refractivity contribution is 5.79. The summed E-state index contributed by atoms with van der Waals surface area (Å²) in [6.45, 7) is 0.431. The van der Waals surface area contributed by atoms with Crippen molar-refractivity contribution >= 4 is 5.96 Å². The molecule has 0 radical (unpaired) electrons. The third-order valence-corrected chi connectivity index (χ3v) is 2.86. The number of aliphatic imine (C=N–C) groups is 1. The van der Waals surface area contributed by atoms with Crippen LogP contribution in [0.2, 0.25) is 0 Å². The van der Waals surface area contributed by atoms with E-state index in [0.717, 1.165) is 0 Å². The Kier molecular flexibility index (Phi) is 3.92. The molecule has 0 spiro atoms. The zero-order chi connectivity index (χ0) is 12.1. The van der Waals surface area contributed by atoms with Gasteiger partial charge in [-0.1, -0.05) is 12.8 Å². The van der Waals surface area contributed by atoms with E-state index in [1.807, 2.05) is 7.05 Å². The lowest BCUT2D eigenvalue weighted by Gasteiger charge is -2.14. The molecule has 0 bridgehead atoms. The Morgan fingerprint density at radius 2 is 2.35 bits per heavy atom. The van der Waals surface area contributed by atoms with E-state index in [9.17, 15) is 0 Å². The number of nitrogens with one attached hydrogen (secondary N) is 2. The third kappa shape index (κ3) is 3.42. The highest BCUT2D eigenvalue weighted by Crippen LogP contribution is 2.17. The standard InChI is InChI=1S/C10H19N7/c1-17-7-13-9(16-17)6-12-10(15-11)14-8-4-2-3-5-8/h7-8H,2-6,11H2,1H3,(H2,12,14,15). The minimum atomic E-state index is 0.431. The maximum Gasteiger partial charge on any atom is 0.206 e. The largest absolute Gasteiger partial charge is 0.353 e. The maximum atomic E-state index is 5.43. The summed E-state index contributed by atoms with van der Waals surface area (Å²) in [6, 6.07) is 0.487. The molecule has 1 aromatic rings. The van der Waals surface area contributed by atoms with Gasteiger partial charge in [-0.3, -0.25) is 10.1 Å². The minimum absolute atomic E-state index is 0.431. The second-order valence-electron chi connectivity index (χ2n) is 4.27. The molecule has 2 rings (SSSR count). The van der Waals surface area contributed by atoms with Gasteiger partial charge in [0, 0.05) is 13.1 Å². The highest BCUT2D eigenvalue weighted by atomic mass is 15.3. The predicted octanol–water partition coefficient (Wildman–Crippen LogP) is -0.333. The van der Waals surface area contributed by atoms with Gasteiger partial charge in [-0.15, -0.1) is 0 Å². The summed E-state index contributed by atoms with van der Waals surface area (Å²) in [6.07, 6.45) is 6.57. The Hall–Kier alpha value is -1.63. The summed E-state index contributed by atoms with van der Waals surface area (Å²) in [5.74, 6) is 6.73. The molecule has 0 saturated heterocycles. The normalized spacial score (nSPS) is 17.4. The van der Waals surface area contributed by atoms with Crippen LogP contribution in [0.1, 0.15) is 31.5 Å². The van der Waals surface area contributed by atoms with Gasteiger partial charge in [-0.25, -0.2) is 15.8 Å². The summed E-state index contributed by atoms with van der Waals surface area (Å²) in [5, 5.41) is 7.45. The Bertz CT molecular complexity index is 378. The molecule has 7 nitrogen and oxygen atoms in total. The van der Waals surface area contributed by atoms with Crippen molar-refractivity contribution in [2.45, 2.75) is 38.3 Å². The van der Waals surface area contributed by atoms with Crippen molar-refractivity contribution in [3.05, 3.63) is 12.2 Å². The number of rotatable bonds is 3. The second-order valence-corrected chi connectivity index (χ2v) is 4.27. The van der Waals surface area contributed by atoms with Gasteiger partial charge >= 0.3 is 0 Å². The molecule has 4 N–H and O–H groups in total. The molecule has 0 amide bonds. The molecule has 0 unspecified atom stereocenters. The topological polar surface area (TPSA) is 93.2 Å². The van der Waals surface area contributed by atoms with E-state index in [1.165, 1.54) is 25.7 Å². The van der Waals surface area contributed by atoms with Crippen molar-refractivity contribution in [2.24, 2.45) is 17.9 Å². The minimum Gasteiger partial charge on any atom is -0.353 e. The number of hydrogen-bond acceptors (Lipinski definition) is 4. The van der Waals surface area contributed by atoms with E-state index in [0.29, 0.717) is 24.4 Å². The lowest BCUT2D eigenvalue weighted by atomic mass is 10.2. The molecule has 0 aromatic carbocycles. The molecule has 0 atom stereocenters. The summed E-state index contributed by atoms with van der Waals surface area (Å²) < 4.78 is 1.66. The lowest BCUT2D eigenvalue weighted by molar-refractivity contribution is 0.613. The van der Waals surface area contributed by atoms with Crippen LogP contribution in [0, 0.1) is 0 Å². The molecule has 1 aliphatic rings. The van der Waals surface area contributed by atoms with E-state index in [1.54, 1.807) is 11.0 Å². The first-order chi connectivity index (χ1) is 8.28. The SMILES string of the molecule is Cn1cnc(CN=C(NN)NC2CCCC2)n1. The average molecular weight is 237 g/mol. The molecular weight excluding hydrogens is 218 g/mol. The van der Waals surface area contributed by atoms with Crippen LogP contribution in [0.25, 0.3) is 0 Å². The first-order valence-corrected chi connectivity index (χ1v) is 5.90. The Balaban J connectivity index is 1.88. The summed E-state index contributed by atoms with van der Waals surface area (Å²) in [4.78, 5) is 8.42. The van der Waals surface area contributed by atoms with Crippen LogP contribution in [0.15, 0.2) is 11.3 Å². The second kappa shape index (κ2) is 5.62. The van der Waals surface area contributed by atoms with Crippen molar-refractivity contribution in [3.8, 4) is 0 Å². The third-order valence-electron chi connectivity index (χ3n) is 2.86. The van der Waals surface area contributed by atoms with E-state index in [-0.39, 0.29) is 0 Å². The van der Waals surface area contributed by atoms with Crippen molar-refractivity contribution in [1.29, 1.82) is 0 Å². The lowest BCUT2D eigenvalue weighted by Crippen LogP contribution is -2.45. The van der Waals surface area contributed by atoms with Crippen molar-refractivity contribution < 1.29 is 0 Å². The fourth-order valence-corrected chi connectivity index (χ4v) is 2.00. The van der Waals surface area contributed by atoms with E-state index >= 15 is 0 Å². The Morgan fingerprint density at radius 3 is 2.94 bits per heavy atom. The number of nitrogens with zero attached hydrogens (tertiary/aromatic N) is 4. The number of hydrogen-bond donors (Lipinski definition) is 3. The molecule has 17 heavy (non-hydrogen) atoms. The van der Waals surface area contributed by atoms with Gasteiger partial charge in [0.15, 0.2) is 5.82 Å². The van der Waals surface area contributed by atoms with Crippen molar-refractivity contribution in [2.75, 3.05) is 0 Å². The van der Waals surface area contributed by atoms with Crippen LogP contribution >= 0.6 is 0 Å². The smallest absolute Gasteiger partial charge is 0.206 e. The quantitative estimate of drug-likeness (QED) is 0.289. The molecule has 1 heterocycles. The number of aryl methyl sites for hydroxylation is 1. The molecule has 94 valence electrons. The number of aromatic nitrogens is 3. The molecule has 7 heteroatoms. The van der Waals surface area contributed by atoms with Crippen molar-refractivity contribution in [3.63, 3.8) is 0 Å². The summed E-state index contributed by atoms with van der Waals surface area (Å²) in [7, 11) is 1.83. The fraction of sp³-hybridized carbons (Fsp3) is 0.700. The molecule has 1 aliphatic carbocycles. The van der Waals surface area contributed by atoms with Gasteiger partial charge < -0.3 is 5.32 Å². The van der Waals surface area contributed by atoms with Crippen LogP contribution in [0.4, 0.5) is 0 Å². The van der Waals surface area contributed by atoms with E-state index < -0.39 is 0 Å². The average Bonchev–Trinajstić information content (AvgIpc) is 2.96. The van der Waals surface area contributed by atoms with Gasteiger partial charge in [-0.05, 0) is 12.8 Å². The summed E-state index contributed by atoms with van der Waals surface area (Å²) in [5.41, 5.74) is 2.58. The zero-order valence-corrected chi connectivity index (χ0v) is 10.1. The summed E-state index contributed by atoms with van der Waals surface area (Å²) >= 11 is 0. The Labute approximate surface area is 100 Å². The number of nitrogens with two attached hydrogens (primary N) is 1. The first kappa shape index (κ1) is 11.8. The number of guanidine groups is 1. The van der Waals surface area contributed by atoms with E-state index in [2.05, 4.69) is 25.8 Å². The van der Waals surface area contributed by atoms with Gasteiger partial charge in [-0.2, -0.15) is 5.10 Å². The molecule has 1 fully saturated rings. The molecular formula is C10H19N7. The van der Waals surface area contributed by atoms with E-state index in [4.69, 9.17) is 5.84 Å². The monoisotopic (exact) mass is 237 g/mol. The highest BCUT2D eigenvalue weighted by Gasteiger charge is 2.15. The fourth-order valence-electron chi connectivity index (χ4n) is 2.00. The number of hydrazine groups is 1. The predicted molar refractivity (Wildman–Crippen MR) is 64.9 cm³/mol. The zero-order valence-electron chi connectivity index (χ0n) is 10.1. The van der Waals surface area contributed by atoms with Gasteiger partial charge in [0.25, 0.3) is 0 Å².